The molecule has 1 aromatic carbocycles. The van der Waals surface area contributed by atoms with Crippen LogP contribution in [-0.2, 0) is 16.4 Å². The fourth-order valence-corrected chi connectivity index (χ4v) is 5.20. The van der Waals surface area contributed by atoms with Gasteiger partial charge in [-0.2, -0.15) is 0 Å². The van der Waals surface area contributed by atoms with Crippen LogP contribution in [0.25, 0.3) is 0 Å². The standard InChI is InChI=1S/C13H17NO2S3/c1-13(7-8-19(15,16)10-13)14(12(17)18)9-11-5-3-2-4-6-11/h2-6H,7-10H2,1H3,(H,17,18). The third kappa shape index (κ3) is 3.49. The Morgan fingerprint density at radius 2 is 2.05 bits per heavy atom. The zero-order valence-electron chi connectivity index (χ0n) is 10.7. The van der Waals surface area contributed by atoms with E-state index in [1.165, 1.54) is 0 Å². The maximum absolute atomic E-state index is 11.7. The van der Waals surface area contributed by atoms with E-state index < -0.39 is 15.4 Å². The number of sulfone groups is 1. The number of hydrogen-bond acceptors (Lipinski definition) is 3. The van der Waals surface area contributed by atoms with Crippen molar-refractivity contribution in [2.45, 2.75) is 25.4 Å². The molecule has 1 atom stereocenters. The minimum absolute atomic E-state index is 0.146. The number of thiol groups is 1. The second-order valence-corrected chi connectivity index (χ2v) is 8.49. The average molecular weight is 315 g/mol. The lowest BCUT2D eigenvalue weighted by Crippen LogP contribution is -2.48. The Morgan fingerprint density at radius 1 is 1.42 bits per heavy atom. The molecule has 1 aliphatic rings. The molecule has 0 spiro atoms. The molecular weight excluding hydrogens is 298 g/mol. The first-order chi connectivity index (χ1) is 8.82. The summed E-state index contributed by atoms with van der Waals surface area (Å²) in [6, 6.07) is 9.89. The van der Waals surface area contributed by atoms with Crippen molar-refractivity contribution in [2.75, 3.05) is 11.5 Å². The summed E-state index contributed by atoms with van der Waals surface area (Å²) in [5, 5.41) is 0. The largest absolute Gasteiger partial charge is 0.347 e. The third-order valence-corrected chi connectivity index (χ3v) is 5.90. The molecule has 0 bridgehead atoms. The summed E-state index contributed by atoms with van der Waals surface area (Å²) in [4.78, 5) is 1.92. The molecule has 2 rings (SSSR count). The van der Waals surface area contributed by atoms with Crippen molar-refractivity contribution in [3.63, 3.8) is 0 Å². The average Bonchev–Trinajstić information content (AvgIpc) is 2.62. The van der Waals surface area contributed by atoms with Crippen LogP contribution in [0.1, 0.15) is 18.9 Å². The van der Waals surface area contributed by atoms with Crippen molar-refractivity contribution in [1.29, 1.82) is 0 Å². The molecule has 104 valence electrons. The highest BCUT2D eigenvalue weighted by atomic mass is 32.2. The fraction of sp³-hybridized carbons (Fsp3) is 0.462. The molecule has 0 aliphatic carbocycles. The second-order valence-electron chi connectivity index (χ2n) is 5.19. The van der Waals surface area contributed by atoms with Gasteiger partial charge in [0.05, 0.1) is 17.0 Å². The van der Waals surface area contributed by atoms with Crippen LogP contribution in [0.15, 0.2) is 30.3 Å². The first-order valence-corrected chi connectivity index (χ1v) is 8.75. The SMILES string of the molecule is CC1(N(Cc2ccccc2)C(=S)S)CCS(=O)(=O)C1. The number of nitrogens with zero attached hydrogens (tertiary/aromatic N) is 1. The molecule has 0 radical (unpaired) electrons. The minimum atomic E-state index is -2.96. The van der Waals surface area contributed by atoms with Gasteiger partial charge in [-0.1, -0.05) is 42.5 Å². The normalized spacial score (nSPS) is 25.2. The van der Waals surface area contributed by atoms with Gasteiger partial charge in [0, 0.05) is 6.54 Å². The van der Waals surface area contributed by atoms with Crippen molar-refractivity contribution in [3.8, 4) is 0 Å². The lowest BCUT2D eigenvalue weighted by atomic mass is 9.99. The predicted molar refractivity (Wildman–Crippen MR) is 85.2 cm³/mol. The zero-order chi connectivity index (χ0) is 14.1. The van der Waals surface area contributed by atoms with Gasteiger partial charge in [0.2, 0.25) is 0 Å². The quantitative estimate of drug-likeness (QED) is 0.686. The topological polar surface area (TPSA) is 37.4 Å². The first kappa shape index (κ1) is 14.8. The Balaban J connectivity index is 2.24. The van der Waals surface area contributed by atoms with Crippen molar-refractivity contribution < 1.29 is 8.42 Å². The van der Waals surface area contributed by atoms with Crippen LogP contribution in [0.4, 0.5) is 0 Å². The van der Waals surface area contributed by atoms with Crippen LogP contribution in [0.3, 0.4) is 0 Å². The van der Waals surface area contributed by atoms with E-state index in [9.17, 15) is 8.42 Å². The third-order valence-electron chi connectivity index (χ3n) is 3.55. The first-order valence-electron chi connectivity index (χ1n) is 6.07. The monoisotopic (exact) mass is 315 g/mol. The van der Waals surface area contributed by atoms with Gasteiger partial charge in [-0.15, -0.1) is 12.6 Å². The molecule has 1 aliphatic heterocycles. The summed E-state index contributed by atoms with van der Waals surface area (Å²) in [5.74, 6) is 0.374. The maximum atomic E-state index is 11.7. The lowest BCUT2D eigenvalue weighted by molar-refractivity contribution is 0.222. The number of hydrogen-bond donors (Lipinski definition) is 1. The van der Waals surface area contributed by atoms with Crippen LogP contribution >= 0.6 is 24.8 Å². The van der Waals surface area contributed by atoms with E-state index in [0.717, 1.165) is 5.56 Å². The van der Waals surface area contributed by atoms with E-state index in [1.54, 1.807) is 0 Å². The Morgan fingerprint density at radius 3 is 2.53 bits per heavy atom. The summed E-state index contributed by atoms with van der Waals surface area (Å²) < 4.78 is 23.9. The van der Waals surface area contributed by atoms with Crippen LogP contribution in [0, 0.1) is 0 Å². The van der Waals surface area contributed by atoms with Gasteiger partial charge < -0.3 is 4.90 Å². The van der Waals surface area contributed by atoms with Crippen LogP contribution < -0.4 is 0 Å². The Labute approximate surface area is 125 Å². The predicted octanol–water partition coefficient (Wildman–Crippen LogP) is 2.28. The molecule has 0 amide bonds. The summed E-state index contributed by atoms with van der Waals surface area (Å²) in [6.07, 6.45) is 0.600. The van der Waals surface area contributed by atoms with E-state index in [2.05, 4.69) is 12.6 Å². The molecule has 6 heteroatoms. The van der Waals surface area contributed by atoms with Gasteiger partial charge in [-0.3, -0.25) is 0 Å². The van der Waals surface area contributed by atoms with Crippen LogP contribution in [0.5, 0.6) is 0 Å². The lowest BCUT2D eigenvalue weighted by Gasteiger charge is -2.38. The Bertz CT molecular complexity index is 571. The fourth-order valence-electron chi connectivity index (χ4n) is 2.46. The second kappa shape index (κ2) is 5.42. The van der Waals surface area contributed by atoms with Gasteiger partial charge in [-0.25, -0.2) is 8.42 Å². The molecule has 1 aromatic rings. The molecule has 3 nitrogen and oxygen atoms in total. The molecule has 1 saturated heterocycles. The van der Waals surface area contributed by atoms with Gasteiger partial charge in [0.15, 0.2) is 9.84 Å². The highest BCUT2D eigenvalue weighted by molar-refractivity contribution is 8.10. The molecule has 1 fully saturated rings. The van der Waals surface area contributed by atoms with Crippen molar-refractivity contribution in [2.24, 2.45) is 0 Å². The molecule has 1 heterocycles. The van der Waals surface area contributed by atoms with Gasteiger partial charge in [0.25, 0.3) is 0 Å². The van der Waals surface area contributed by atoms with E-state index in [4.69, 9.17) is 12.2 Å². The highest BCUT2D eigenvalue weighted by Crippen LogP contribution is 2.31. The summed E-state index contributed by atoms with van der Waals surface area (Å²) in [6.45, 7) is 2.54. The van der Waals surface area contributed by atoms with Crippen LogP contribution in [0.2, 0.25) is 0 Å². The molecule has 0 N–H and O–H groups in total. The van der Waals surface area contributed by atoms with E-state index in [1.807, 2.05) is 42.2 Å². The van der Waals surface area contributed by atoms with E-state index in [-0.39, 0.29) is 11.5 Å². The number of thiocarbonyl (C=S) groups is 1. The van der Waals surface area contributed by atoms with E-state index in [0.29, 0.717) is 17.3 Å². The van der Waals surface area contributed by atoms with Crippen molar-refractivity contribution in [3.05, 3.63) is 35.9 Å². The van der Waals surface area contributed by atoms with Crippen LogP contribution in [-0.4, -0.2) is 34.7 Å². The summed E-state index contributed by atoms with van der Waals surface area (Å²) in [7, 11) is -2.96. The van der Waals surface area contributed by atoms with Gasteiger partial charge in [-0.05, 0) is 18.9 Å². The molecule has 1 unspecified atom stereocenters. The van der Waals surface area contributed by atoms with Crippen molar-refractivity contribution >= 4 is 39.0 Å². The number of rotatable bonds is 3. The molecular formula is C13H17NO2S3. The molecule has 19 heavy (non-hydrogen) atoms. The highest BCUT2D eigenvalue weighted by Gasteiger charge is 2.43. The maximum Gasteiger partial charge on any atom is 0.152 e. The molecule has 0 aromatic heterocycles. The zero-order valence-corrected chi connectivity index (χ0v) is 13.3. The number of benzene rings is 1. The van der Waals surface area contributed by atoms with Gasteiger partial charge in [0.1, 0.15) is 4.32 Å². The molecule has 0 saturated carbocycles. The minimum Gasteiger partial charge on any atom is -0.347 e. The van der Waals surface area contributed by atoms with Crippen molar-refractivity contribution in [1.82, 2.24) is 4.90 Å². The summed E-state index contributed by atoms with van der Waals surface area (Å²) in [5.41, 5.74) is 0.650. The Hall–Kier alpha value is -0.590. The summed E-state index contributed by atoms with van der Waals surface area (Å²) >= 11 is 9.47. The van der Waals surface area contributed by atoms with Gasteiger partial charge >= 0.3 is 0 Å². The Kier molecular flexibility index (Phi) is 4.23. The smallest absolute Gasteiger partial charge is 0.152 e. The van der Waals surface area contributed by atoms with E-state index >= 15 is 0 Å².